The third-order valence-electron chi connectivity index (χ3n) is 2.70. The summed E-state index contributed by atoms with van der Waals surface area (Å²) in [5.41, 5.74) is 0.953. The van der Waals surface area contributed by atoms with Crippen molar-refractivity contribution in [3.63, 3.8) is 0 Å². The third-order valence-corrected chi connectivity index (χ3v) is 4.85. The molecule has 0 radical (unpaired) electrons. The monoisotopic (exact) mass is 286 g/mol. The quantitative estimate of drug-likeness (QED) is 0.752. The average Bonchev–Trinajstić information content (AvgIpc) is 3.13. The largest absolute Gasteiger partial charge is 0.384 e. The van der Waals surface area contributed by atoms with Gasteiger partial charge in [0.2, 0.25) is 10.0 Å². The highest BCUT2D eigenvalue weighted by Crippen LogP contribution is 2.22. The molecule has 18 heavy (non-hydrogen) atoms. The van der Waals surface area contributed by atoms with Crippen molar-refractivity contribution in [3.8, 4) is 0 Å². The van der Waals surface area contributed by atoms with Crippen LogP contribution in [0, 0.1) is 0 Å². The van der Waals surface area contributed by atoms with E-state index in [4.69, 9.17) is 0 Å². The smallest absolute Gasteiger partial charge is 0.240 e. The zero-order valence-corrected chi connectivity index (χ0v) is 12.0. The zero-order chi connectivity index (χ0) is 13.0. The first-order valence-electron chi connectivity index (χ1n) is 5.97. The first-order chi connectivity index (χ1) is 8.62. The Bertz CT molecular complexity index is 481. The Morgan fingerprint density at radius 1 is 1.28 bits per heavy atom. The number of hydrogen-bond acceptors (Lipinski definition) is 4. The van der Waals surface area contributed by atoms with Gasteiger partial charge in [-0.25, -0.2) is 13.1 Å². The summed E-state index contributed by atoms with van der Waals surface area (Å²) in [4.78, 5) is 0.338. The molecule has 0 saturated heterocycles. The minimum atomic E-state index is -3.32. The zero-order valence-electron chi connectivity index (χ0n) is 10.3. The molecule has 0 atom stereocenters. The molecule has 6 heteroatoms. The van der Waals surface area contributed by atoms with Gasteiger partial charge in [0.15, 0.2) is 0 Å². The van der Waals surface area contributed by atoms with Gasteiger partial charge < -0.3 is 5.32 Å². The SMILES string of the molecule is CSCCNc1ccc(S(=O)(=O)NC2CC2)cc1. The molecule has 1 saturated carbocycles. The van der Waals surface area contributed by atoms with E-state index < -0.39 is 10.0 Å². The molecule has 0 aliphatic heterocycles. The van der Waals surface area contributed by atoms with Crippen LogP contribution in [-0.2, 0) is 10.0 Å². The van der Waals surface area contributed by atoms with Crippen molar-refractivity contribution in [2.45, 2.75) is 23.8 Å². The number of nitrogens with one attached hydrogen (secondary N) is 2. The average molecular weight is 286 g/mol. The van der Waals surface area contributed by atoms with E-state index >= 15 is 0 Å². The molecule has 1 aromatic rings. The second-order valence-corrected chi connectivity index (χ2v) is 7.04. The first-order valence-corrected chi connectivity index (χ1v) is 8.85. The molecule has 1 fully saturated rings. The topological polar surface area (TPSA) is 58.2 Å². The van der Waals surface area contributed by atoms with Gasteiger partial charge in [-0.15, -0.1) is 0 Å². The number of thioether (sulfide) groups is 1. The van der Waals surface area contributed by atoms with E-state index in [1.54, 1.807) is 23.9 Å². The van der Waals surface area contributed by atoms with E-state index in [0.717, 1.165) is 30.8 Å². The molecule has 0 amide bonds. The predicted molar refractivity (Wildman–Crippen MR) is 76.7 cm³/mol. The van der Waals surface area contributed by atoms with Crippen molar-refractivity contribution in [1.29, 1.82) is 0 Å². The first kappa shape index (κ1) is 13.7. The maximum Gasteiger partial charge on any atom is 0.240 e. The molecule has 0 heterocycles. The van der Waals surface area contributed by atoms with Crippen molar-refractivity contribution >= 4 is 27.5 Å². The molecule has 2 N–H and O–H groups in total. The molecule has 1 aliphatic carbocycles. The molecule has 0 bridgehead atoms. The summed E-state index contributed by atoms with van der Waals surface area (Å²) in [5, 5.41) is 3.24. The van der Waals surface area contributed by atoms with E-state index in [0.29, 0.717) is 4.90 Å². The van der Waals surface area contributed by atoms with Gasteiger partial charge in [-0.05, 0) is 43.4 Å². The molecule has 1 aromatic carbocycles. The van der Waals surface area contributed by atoms with Crippen LogP contribution >= 0.6 is 11.8 Å². The molecule has 100 valence electrons. The second-order valence-electron chi connectivity index (χ2n) is 4.34. The van der Waals surface area contributed by atoms with Crippen molar-refractivity contribution in [2.24, 2.45) is 0 Å². The molecule has 2 rings (SSSR count). The van der Waals surface area contributed by atoms with Gasteiger partial charge in [0.25, 0.3) is 0 Å². The van der Waals surface area contributed by atoms with E-state index in [-0.39, 0.29) is 6.04 Å². The van der Waals surface area contributed by atoms with Crippen LogP contribution in [0.2, 0.25) is 0 Å². The highest BCUT2D eigenvalue weighted by Gasteiger charge is 2.27. The van der Waals surface area contributed by atoms with Crippen molar-refractivity contribution < 1.29 is 8.42 Å². The minimum absolute atomic E-state index is 0.148. The maximum atomic E-state index is 11.9. The van der Waals surface area contributed by atoms with E-state index in [2.05, 4.69) is 16.3 Å². The highest BCUT2D eigenvalue weighted by atomic mass is 32.2. The summed E-state index contributed by atoms with van der Waals surface area (Å²) in [5.74, 6) is 1.03. The summed E-state index contributed by atoms with van der Waals surface area (Å²) in [6.45, 7) is 0.883. The van der Waals surface area contributed by atoms with Gasteiger partial charge in [0.05, 0.1) is 4.90 Å². The Hall–Kier alpha value is -0.720. The van der Waals surface area contributed by atoms with Gasteiger partial charge in [-0.1, -0.05) is 0 Å². The third kappa shape index (κ3) is 3.90. The van der Waals surface area contributed by atoms with E-state index in [9.17, 15) is 8.42 Å². The van der Waals surface area contributed by atoms with Gasteiger partial charge in [-0.3, -0.25) is 0 Å². The number of sulfonamides is 1. The fourth-order valence-electron chi connectivity index (χ4n) is 1.54. The number of hydrogen-bond donors (Lipinski definition) is 2. The van der Waals surface area contributed by atoms with E-state index in [1.807, 2.05) is 12.1 Å². The maximum absolute atomic E-state index is 11.9. The Labute approximate surface area is 113 Å². The molecular formula is C12H18N2O2S2. The minimum Gasteiger partial charge on any atom is -0.384 e. The summed E-state index contributed by atoms with van der Waals surface area (Å²) in [6, 6.07) is 7.05. The van der Waals surface area contributed by atoms with Gasteiger partial charge in [-0.2, -0.15) is 11.8 Å². The molecule has 0 aromatic heterocycles. The lowest BCUT2D eigenvalue weighted by atomic mass is 10.3. The van der Waals surface area contributed by atoms with Crippen LogP contribution in [0.5, 0.6) is 0 Å². The van der Waals surface area contributed by atoms with Crippen LogP contribution in [0.25, 0.3) is 0 Å². The van der Waals surface area contributed by atoms with Crippen molar-refractivity contribution in [2.75, 3.05) is 23.9 Å². The lowest BCUT2D eigenvalue weighted by Gasteiger charge is -2.08. The highest BCUT2D eigenvalue weighted by molar-refractivity contribution is 7.98. The Morgan fingerprint density at radius 2 is 1.94 bits per heavy atom. The van der Waals surface area contributed by atoms with Crippen LogP contribution in [0.4, 0.5) is 5.69 Å². The van der Waals surface area contributed by atoms with Crippen LogP contribution in [-0.4, -0.2) is 33.0 Å². The fraction of sp³-hybridized carbons (Fsp3) is 0.500. The number of rotatable bonds is 7. The Morgan fingerprint density at radius 3 is 2.50 bits per heavy atom. The normalized spacial score (nSPS) is 15.6. The second kappa shape index (κ2) is 5.95. The summed E-state index contributed by atoms with van der Waals surface area (Å²) < 4.78 is 26.5. The van der Waals surface area contributed by atoms with Crippen molar-refractivity contribution in [1.82, 2.24) is 4.72 Å². The van der Waals surface area contributed by atoms with Crippen LogP contribution in [0.1, 0.15) is 12.8 Å². The standard InChI is InChI=1S/C12H18N2O2S2/c1-17-9-8-13-10-4-6-12(7-5-10)18(15,16)14-11-2-3-11/h4-7,11,13-14H,2-3,8-9H2,1H3. The predicted octanol–water partition coefficient (Wildman–Crippen LogP) is 1.90. The van der Waals surface area contributed by atoms with Gasteiger partial charge in [0, 0.05) is 24.0 Å². The van der Waals surface area contributed by atoms with Gasteiger partial charge in [0.1, 0.15) is 0 Å². The molecule has 4 nitrogen and oxygen atoms in total. The molecule has 1 aliphatic rings. The van der Waals surface area contributed by atoms with Gasteiger partial charge >= 0.3 is 0 Å². The number of benzene rings is 1. The lowest BCUT2D eigenvalue weighted by Crippen LogP contribution is -2.25. The fourth-order valence-corrected chi connectivity index (χ4v) is 3.15. The van der Waals surface area contributed by atoms with E-state index in [1.165, 1.54) is 0 Å². The lowest BCUT2D eigenvalue weighted by molar-refractivity contribution is 0.581. The number of anilines is 1. The van der Waals surface area contributed by atoms with Crippen LogP contribution in [0.15, 0.2) is 29.2 Å². The summed E-state index contributed by atoms with van der Waals surface area (Å²) >= 11 is 1.77. The molecular weight excluding hydrogens is 268 g/mol. The van der Waals surface area contributed by atoms with Crippen LogP contribution < -0.4 is 10.0 Å². The van der Waals surface area contributed by atoms with Crippen molar-refractivity contribution in [3.05, 3.63) is 24.3 Å². The Balaban J connectivity index is 1.97. The molecule has 0 unspecified atom stereocenters. The summed E-state index contributed by atoms with van der Waals surface area (Å²) in [7, 11) is -3.32. The molecule has 0 spiro atoms. The van der Waals surface area contributed by atoms with Crippen LogP contribution in [0.3, 0.4) is 0 Å². The Kier molecular flexibility index (Phi) is 4.53. The summed E-state index contributed by atoms with van der Waals surface area (Å²) in [6.07, 6.45) is 3.96.